The first-order valence-electron chi connectivity index (χ1n) is 6.19. The Morgan fingerprint density at radius 3 is 2.62 bits per heavy atom. The molecule has 1 atom stereocenters. The van der Waals surface area contributed by atoms with Gasteiger partial charge in [-0.3, -0.25) is 4.79 Å². The van der Waals surface area contributed by atoms with Crippen molar-refractivity contribution >= 4 is 5.91 Å². The lowest BCUT2D eigenvalue weighted by atomic mass is 9.96. The minimum absolute atomic E-state index is 0.0502. The summed E-state index contributed by atoms with van der Waals surface area (Å²) in [5.74, 6) is -0.0502. The highest BCUT2D eigenvalue weighted by Gasteiger charge is 2.26. The zero-order valence-corrected chi connectivity index (χ0v) is 10.8. The lowest BCUT2D eigenvalue weighted by molar-refractivity contribution is -0.126. The first-order chi connectivity index (χ1) is 7.54. The first kappa shape index (κ1) is 15.4. The number of ether oxygens (including phenoxy) is 1. The monoisotopic (exact) mass is 230 g/mol. The number of hydrogen-bond acceptors (Lipinski definition) is 3. The van der Waals surface area contributed by atoms with Crippen LogP contribution in [0.25, 0.3) is 0 Å². The van der Waals surface area contributed by atoms with E-state index in [1.165, 1.54) is 0 Å². The van der Waals surface area contributed by atoms with Crippen LogP contribution in [-0.4, -0.2) is 31.2 Å². The molecular formula is C12H26N2O2. The van der Waals surface area contributed by atoms with Crippen LogP contribution >= 0.6 is 0 Å². The van der Waals surface area contributed by atoms with Gasteiger partial charge in [0.2, 0.25) is 5.91 Å². The summed E-state index contributed by atoms with van der Waals surface area (Å²) in [6.45, 7) is 7.99. The third kappa shape index (κ3) is 6.80. The highest BCUT2D eigenvalue weighted by atomic mass is 16.5. The Hall–Kier alpha value is -0.610. The molecule has 0 aliphatic heterocycles. The minimum atomic E-state index is -0.728. The smallest absolute Gasteiger partial charge is 0.239 e. The molecule has 1 amide bonds. The zero-order valence-electron chi connectivity index (χ0n) is 10.8. The van der Waals surface area contributed by atoms with Crippen molar-refractivity contribution in [3.05, 3.63) is 0 Å². The molecule has 0 spiro atoms. The summed E-state index contributed by atoms with van der Waals surface area (Å²) in [4.78, 5) is 11.7. The molecule has 4 heteroatoms. The van der Waals surface area contributed by atoms with Gasteiger partial charge in [0, 0.05) is 19.8 Å². The summed E-state index contributed by atoms with van der Waals surface area (Å²) in [6, 6.07) is 0. The standard InChI is InChI=1S/C12H26N2O2/c1-4-8-12(3,13)11(15)14-9-6-7-10-16-5-2/h4-10,13H2,1-3H3,(H,14,15). The lowest BCUT2D eigenvalue weighted by Gasteiger charge is -2.22. The highest BCUT2D eigenvalue weighted by Crippen LogP contribution is 2.08. The number of unbranched alkanes of at least 4 members (excludes halogenated alkanes) is 1. The molecule has 0 aromatic carbocycles. The number of rotatable bonds is 9. The summed E-state index contributed by atoms with van der Waals surface area (Å²) in [7, 11) is 0. The number of carbonyl (C=O) groups excluding carboxylic acids is 1. The van der Waals surface area contributed by atoms with Crippen molar-refractivity contribution in [2.75, 3.05) is 19.8 Å². The second kappa shape index (κ2) is 8.53. The topological polar surface area (TPSA) is 64.4 Å². The van der Waals surface area contributed by atoms with Crippen LogP contribution in [0.2, 0.25) is 0 Å². The van der Waals surface area contributed by atoms with Gasteiger partial charge in [-0.25, -0.2) is 0 Å². The normalized spacial score (nSPS) is 14.5. The molecule has 0 fully saturated rings. The van der Waals surface area contributed by atoms with Gasteiger partial charge in [-0.2, -0.15) is 0 Å². The summed E-state index contributed by atoms with van der Waals surface area (Å²) >= 11 is 0. The molecule has 0 aliphatic carbocycles. The van der Waals surface area contributed by atoms with Crippen molar-refractivity contribution in [3.63, 3.8) is 0 Å². The van der Waals surface area contributed by atoms with Crippen molar-refractivity contribution in [2.45, 2.75) is 52.0 Å². The van der Waals surface area contributed by atoms with E-state index in [0.29, 0.717) is 6.54 Å². The molecule has 0 aliphatic rings. The molecule has 0 rings (SSSR count). The molecule has 16 heavy (non-hydrogen) atoms. The molecule has 3 N–H and O–H groups in total. The highest BCUT2D eigenvalue weighted by molar-refractivity contribution is 5.85. The Morgan fingerprint density at radius 1 is 1.38 bits per heavy atom. The van der Waals surface area contributed by atoms with Gasteiger partial charge in [0.05, 0.1) is 5.54 Å². The van der Waals surface area contributed by atoms with Crippen LogP contribution in [0.1, 0.15) is 46.5 Å². The maximum Gasteiger partial charge on any atom is 0.239 e. The molecule has 0 aromatic heterocycles. The number of nitrogens with two attached hydrogens (primary N) is 1. The summed E-state index contributed by atoms with van der Waals surface area (Å²) in [6.07, 6.45) is 3.56. The maximum atomic E-state index is 11.7. The summed E-state index contributed by atoms with van der Waals surface area (Å²) in [5, 5.41) is 2.87. The van der Waals surface area contributed by atoms with Crippen LogP contribution < -0.4 is 11.1 Å². The second-order valence-corrected chi connectivity index (χ2v) is 4.33. The quantitative estimate of drug-likeness (QED) is 0.589. The maximum absolute atomic E-state index is 11.7. The van der Waals surface area contributed by atoms with E-state index in [2.05, 4.69) is 5.32 Å². The van der Waals surface area contributed by atoms with Crippen LogP contribution in [0, 0.1) is 0 Å². The van der Waals surface area contributed by atoms with E-state index in [9.17, 15) is 4.79 Å². The van der Waals surface area contributed by atoms with Crippen molar-refractivity contribution in [1.29, 1.82) is 0 Å². The number of hydrogen-bond donors (Lipinski definition) is 2. The van der Waals surface area contributed by atoms with Crippen LogP contribution in [0.5, 0.6) is 0 Å². The van der Waals surface area contributed by atoms with Gasteiger partial charge < -0.3 is 15.8 Å². The number of amides is 1. The van der Waals surface area contributed by atoms with Crippen LogP contribution in [0.15, 0.2) is 0 Å². The Bertz CT molecular complexity index is 193. The van der Waals surface area contributed by atoms with E-state index in [0.717, 1.165) is 38.9 Å². The SMILES string of the molecule is CCCC(C)(N)C(=O)NCCCCOCC. The minimum Gasteiger partial charge on any atom is -0.382 e. The Morgan fingerprint density at radius 2 is 2.06 bits per heavy atom. The van der Waals surface area contributed by atoms with E-state index in [4.69, 9.17) is 10.5 Å². The number of nitrogens with one attached hydrogen (secondary N) is 1. The van der Waals surface area contributed by atoms with Crippen molar-refractivity contribution in [1.82, 2.24) is 5.32 Å². The molecule has 1 unspecified atom stereocenters. The molecule has 4 nitrogen and oxygen atoms in total. The zero-order chi connectivity index (χ0) is 12.4. The molecule has 0 saturated carbocycles. The predicted molar refractivity (Wildman–Crippen MR) is 66.2 cm³/mol. The van der Waals surface area contributed by atoms with Gasteiger partial charge in [-0.05, 0) is 33.1 Å². The van der Waals surface area contributed by atoms with E-state index in [1.807, 2.05) is 13.8 Å². The third-order valence-electron chi connectivity index (χ3n) is 2.49. The van der Waals surface area contributed by atoms with Crippen molar-refractivity contribution in [3.8, 4) is 0 Å². The van der Waals surface area contributed by atoms with E-state index >= 15 is 0 Å². The Kier molecular flexibility index (Phi) is 8.21. The second-order valence-electron chi connectivity index (χ2n) is 4.33. The lowest BCUT2D eigenvalue weighted by Crippen LogP contribution is -2.51. The van der Waals surface area contributed by atoms with Gasteiger partial charge in [0.15, 0.2) is 0 Å². The Labute approximate surface area is 98.9 Å². The molecule has 0 saturated heterocycles. The molecule has 0 radical (unpaired) electrons. The third-order valence-corrected chi connectivity index (χ3v) is 2.49. The molecule has 0 bridgehead atoms. The van der Waals surface area contributed by atoms with E-state index in [-0.39, 0.29) is 5.91 Å². The fraction of sp³-hybridized carbons (Fsp3) is 0.917. The van der Waals surface area contributed by atoms with E-state index in [1.54, 1.807) is 6.92 Å². The average molecular weight is 230 g/mol. The molecule has 96 valence electrons. The van der Waals surface area contributed by atoms with E-state index < -0.39 is 5.54 Å². The number of carbonyl (C=O) groups is 1. The van der Waals surface area contributed by atoms with Crippen LogP contribution in [0.3, 0.4) is 0 Å². The summed E-state index contributed by atoms with van der Waals surface area (Å²) < 4.78 is 5.21. The Balaban J connectivity index is 3.57. The van der Waals surface area contributed by atoms with Gasteiger partial charge in [0.1, 0.15) is 0 Å². The molecule has 0 aromatic rings. The van der Waals surface area contributed by atoms with Crippen LogP contribution in [-0.2, 0) is 9.53 Å². The first-order valence-corrected chi connectivity index (χ1v) is 6.19. The fourth-order valence-electron chi connectivity index (χ4n) is 1.51. The molecular weight excluding hydrogens is 204 g/mol. The molecule has 0 heterocycles. The van der Waals surface area contributed by atoms with Gasteiger partial charge in [-0.15, -0.1) is 0 Å². The van der Waals surface area contributed by atoms with Crippen molar-refractivity contribution in [2.24, 2.45) is 5.73 Å². The largest absolute Gasteiger partial charge is 0.382 e. The van der Waals surface area contributed by atoms with Gasteiger partial charge in [-0.1, -0.05) is 13.3 Å². The van der Waals surface area contributed by atoms with Gasteiger partial charge in [0.25, 0.3) is 0 Å². The van der Waals surface area contributed by atoms with Gasteiger partial charge >= 0.3 is 0 Å². The van der Waals surface area contributed by atoms with Crippen molar-refractivity contribution < 1.29 is 9.53 Å². The average Bonchev–Trinajstić information content (AvgIpc) is 2.22. The predicted octanol–water partition coefficient (Wildman–Crippen LogP) is 1.44. The summed E-state index contributed by atoms with van der Waals surface area (Å²) in [5.41, 5.74) is 5.17. The van der Waals surface area contributed by atoms with Crippen LogP contribution in [0.4, 0.5) is 0 Å². The fourth-order valence-corrected chi connectivity index (χ4v) is 1.51.